The molecule has 3 aromatic carbocycles. The van der Waals surface area contributed by atoms with Crippen LogP contribution in [0.2, 0.25) is 0 Å². The van der Waals surface area contributed by atoms with E-state index < -0.39 is 15.9 Å². The SMILES string of the molecule is CS(=O)(=O)Cc1cccc(C(=O)NC(c2ccccc2)c2ccc(F)cc2)c1. The molecule has 0 fully saturated rings. The Morgan fingerprint density at radius 1 is 0.929 bits per heavy atom. The van der Waals surface area contributed by atoms with Gasteiger partial charge in [0.25, 0.3) is 5.91 Å². The van der Waals surface area contributed by atoms with Crippen molar-refractivity contribution >= 4 is 15.7 Å². The van der Waals surface area contributed by atoms with E-state index in [1.165, 1.54) is 12.1 Å². The average Bonchev–Trinajstić information content (AvgIpc) is 2.66. The van der Waals surface area contributed by atoms with Crippen molar-refractivity contribution in [2.45, 2.75) is 11.8 Å². The highest BCUT2D eigenvalue weighted by molar-refractivity contribution is 7.89. The van der Waals surface area contributed by atoms with Crippen LogP contribution in [0, 0.1) is 5.82 Å². The van der Waals surface area contributed by atoms with E-state index in [4.69, 9.17) is 0 Å². The summed E-state index contributed by atoms with van der Waals surface area (Å²) >= 11 is 0. The number of amides is 1. The van der Waals surface area contributed by atoms with Gasteiger partial charge in [0.05, 0.1) is 11.8 Å². The smallest absolute Gasteiger partial charge is 0.252 e. The molecule has 0 bridgehead atoms. The van der Waals surface area contributed by atoms with Crippen molar-refractivity contribution in [3.8, 4) is 0 Å². The van der Waals surface area contributed by atoms with Gasteiger partial charge in [-0.2, -0.15) is 0 Å². The van der Waals surface area contributed by atoms with Crippen LogP contribution in [0.15, 0.2) is 78.9 Å². The normalized spacial score (nSPS) is 12.4. The van der Waals surface area contributed by atoms with Gasteiger partial charge < -0.3 is 5.32 Å². The van der Waals surface area contributed by atoms with Gasteiger partial charge in [-0.25, -0.2) is 12.8 Å². The van der Waals surface area contributed by atoms with E-state index >= 15 is 0 Å². The molecule has 1 atom stereocenters. The zero-order valence-electron chi connectivity index (χ0n) is 15.3. The Morgan fingerprint density at radius 3 is 2.21 bits per heavy atom. The second-order valence-electron chi connectivity index (χ2n) is 6.64. The Kier molecular flexibility index (Phi) is 5.90. The fourth-order valence-corrected chi connectivity index (χ4v) is 3.76. The summed E-state index contributed by atoms with van der Waals surface area (Å²) in [5, 5.41) is 2.96. The van der Waals surface area contributed by atoms with E-state index in [-0.39, 0.29) is 17.5 Å². The summed E-state index contributed by atoms with van der Waals surface area (Å²) in [6.45, 7) is 0. The minimum Gasteiger partial charge on any atom is -0.341 e. The van der Waals surface area contributed by atoms with Crippen molar-refractivity contribution in [2.24, 2.45) is 0 Å². The highest BCUT2D eigenvalue weighted by Gasteiger charge is 2.18. The van der Waals surface area contributed by atoms with Gasteiger partial charge in [0.15, 0.2) is 9.84 Å². The summed E-state index contributed by atoms with van der Waals surface area (Å²) < 4.78 is 36.4. The predicted molar refractivity (Wildman–Crippen MR) is 107 cm³/mol. The largest absolute Gasteiger partial charge is 0.341 e. The Hall–Kier alpha value is -2.99. The lowest BCUT2D eigenvalue weighted by Gasteiger charge is -2.20. The van der Waals surface area contributed by atoms with Crippen LogP contribution >= 0.6 is 0 Å². The Morgan fingerprint density at radius 2 is 1.57 bits per heavy atom. The summed E-state index contributed by atoms with van der Waals surface area (Å²) in [5.41, 5.74) is 2.51. The van der Waals surface area contributed by atoms with E-state index in [0.29, 0.717) is 11.1 Å². The molecule has 0 saturated heterocycles. The summed E-state index contributed by atoms with van der Waals surface area (Å²) in [7, 11) is -3.20. The number of halogens is 1. The minimum atomic E-state index is -3.20. The van der Waals surface area contributed by atoms with Crippen molar-refractivity contribution < 1.29 is 17.6 Å². The van der Waals surface area contributed by atoms with Crippen molar-refractivity contribution in [2.75, 3.05) is 6.26 Å². The number of hydrogen-bond acceptors (Lipinski definition) is 3. The summed E-state index contributed by atoms with van der Waals surface area (Å²) in [5.74, 6) is -0.822. The maximum Gasteiger partial charge on any atom is 0.252 e. The third-order valence-electron chi connectivity index (χ3n) is 4.23. The Bertz CT molecular complexity index is 1060. The molecule has 0 heterocycles. The third-order valence-corrected chi connectivity index (χ3v) is 5.09. The topological polar surface area (TPSA) is 63.2 Å². The number of carbonyl (C=O) groups excluding carboxylic acids is 1. The average molecular weight is 397 g/mol. The van der Waals surface area contributed by atoms with Gasteiger partial charge in [0.1, 0.15) is 5.82 Å². The lowest BCUT2D eigenvalue weighted by molar-refractivity contribution is 0.0943. The first-order valence-corrected chi connectivity index (χ1v) is 10.8. The van der Waals surface area contributed by atoms with Crippen LogP contribution < -0.4 is 5.32 Å². The second-order valence-corrected chi connectivity index (χ2v) is 8.78. The third kappa shape index (κ3) is 5.27. The number of rotatable bonds is 6. The number of nitrogens with one attached hydrogen (secondary N) is 1. The molecule has 1 amide bonds. The summed E-state index contributed by atoms with van der Waals surface area (Å²) in [4.78, 5) is 12.9. The molecule has 28 heavy (non-hydrogen) atoms. The molecule has 0 saturated carbocycles. The van der Waals surface area contributed by atoms with Crippen LogP contribution in [0.4, 0.5) is 4.39 Å². The van der Waals surface area contributed by atoms with Gasteiger partial charge in [-0.3, -0.25) is 4.79 Å². The first kappa shape index (κ1) is 19.8. The molecule has 0 aromatic heterocycles. The zero-order valence-corrected chi connectivity index (χ0v) is 16.1. The zero-order chi connectivity index (χ0) is 20.1. The molecule has 0 aliphatic heterocycles. The number of sulfone groups is 1. The molecule has 144 valence electrons. The molecule has 0 spiro atoms. The van der Waals surface area contributed by atoms with Gasteiger partial charge in [-0.1, -0.05) is 54.6 Å². The molecule has 1 unspecified atom stereocenters. The molecule has 1 N–H and O–H groups in total. The lowest BCUT2D eigenvalue weighted by Crippen LogP contribution is -2.29. The Balaban J connectivity index is 1.90. The van der Waals surface area contributed by atoms with E-state index in [9.17, 15) is 17.6 Å². The van der Waals surface area contributed by atoms with E-state index in [1.54, 1.807) is 36.4 Å². The van der Waals surface area contributed by atoms with Crippen LogP contribution in [0.25, 0.3) is 0 Å². The molecular weight excluding hydrogens is 377 g/mol. The molecule has 4 nitrogen and oxygen atoms in total. The fraction of sp³-hybridized carbons (Fsp3) is 0.136. The van der Waals surface area contributed by atoms with Gasteiger partial charge in [-0.15, -0.1) is 0 Å². The predicted octanol–water partition coefficient (Wildman–Crippen LogP) is 3.89. The molecule has 0 aliphatic carbocycles. The number of hydrogen-bond donors (Lipinski definition) is 1. The van der Waals surface area contributed by atoms with E-state index in [2.05, 4.69) is 5.32 Å². The van der Waals surface area contributed by atoms with Crippen LogP contribution in [0.3, 0.4) is 0 Å². The summed E-state index contributed by atoms with van der Waals surface area (Å²) in [6.07, 6.45) is 1.15. The maximum absolute atomic E-state index is 13.3. The molecular formula is C22H20FNO3S. The van der Waals surface area contributed by atoms with E-state index in [1.807, 2.05) is 30.3 Å². The molecule has 0 radical (unpaired) electrons. The highest BCUT2D eigenvalue weighted by Crippen LogP contribution is 2.23. The summed E-state index contributed by atoms with van der Waals surface area (Å²) in [6, 6.07) is 21.4. The quantitative estimate of drug-likeness (QED) is 0.686. The van der Waals surface area contributed by atoms with Crippen LogP contribution in [0.5, 0.6) is 0 Å². The van der Waals surface area contributed by atoms with Gasteiger partial charge >= 0.3 is 0 Å². The highest BCUT2D eigenvalue weighted by atomic mass is 32.2. The number of carbonyl (C=O) groups is 1. The van der Waals surface area contributed by atoms with Crippen LogP contribution in [-0.2, 0) is 15.6 Å². The van der Waals surface area contributed by atoms with Crippen LogP contribution in [-0.4, -0.2) is 20.6 Å². The molecule has 6 heteroatoms. The monoisotopic (exact) mass is 397 g/mol. The number of benzene rings is 3. The maximum atomic E-state index is 13.3. The second kappa shape index (κ2) is 8.35. The molecule has 3 aromatic rings. The van der Waals surface area contributed by atoms with Gasteiger partial charge in [-0.05, 0) is 41.0 Å². The lowest BCUT2D eigenvalue weighted by atomic mass is 9.98. The van der Waals surface area contributed by atoms with Crippen molar-refractivity contribution in [1.29, 1.82) is 0 Å². The standard InChI is InChI=1S/C22H20FNO3S/c1-28(26,27)15-16-6-5-9-19(14-16)22(25)24-21(17-7-3-2-4-8-17)18-10-12-20(23)13-11-18/h2-14,21H,15H2,1H3,(H,24,25). The van der Waals surface area contributed by atoms with Crippen molar-refractivity contribution in [1.82, 2.24) is 5.32 Å². The fourth-order valence-electron chi connectivity index (χ4n) is 2.98. The molecule has 0 aliphatic rings. The van der Waals surface area contributed by atoms with Gasteiger partial charge in [0, 0.05) is 11.8 Å². The first-order chi connectivity index (χ1) is 13.3. The Labute approximate surface area is 164 Å². The van der Waals surface area contributed by atoms with Crippen molar-refractivity contribution in [3.05, 3.63) is 107 Å². The van der Waals surface area contributed by atoms with E-state index in [0.717, 1.165) is 17.4 Å². The molecule has 3 rings (SSSR count). The van der Waals surface area contributed by atoms with Gasteiger partial charge in [0.2, 0.25) is 0 Å². The minimum absolute atomic E-state index is 0.131. The van der Waals surface area contributed by atoms with Crippen LogP contribution in [0.1, 0.15) is 33.1 Å². The first-order valence-electron chi connectivity index (χ1n) is 8.70. The van der Waals surface area contributed by atoms with Crippen molar-refractivity contribution in [3.63, 3.8) is 0 Å².